The summed E-state index contributed by atoms with van der Waals surface area (Å²) in [5.41, 5.74) is 10.6. The molecule has 16 heteroatoms. The minimum Gasteiger partial charge on any atom is -0.387 e. The SMILES string of the molecule is CC(=O)Nc1cc(CO[C@@H]2O[C@H](CN=[N+]=[N-])[C@@H](O[C@H]3O[C@@H]4COC(c5ccccc5)O[C@H]4[C@H](O)[C@H]3O)[C@H](O)[C@H]2O)ccc1Cl. The lowest BCUT2D eigenvalue weighted by molar-refractivity contribution is -0.384. The van der Waals surface area contributed by atoms with Crippen LogP contribution in [0, 0.1) is 0 Å². The van der Waals surface area contributed by atoms with Crippen LogP contribution in [-0.4, -0.2) is 101 Å². The number of aliphatic hydroxyl groups excluding tert-OH is 4. The Bertz CT molecular complexity index is 1330. The summed E-state index contributed by atoms with van der Waals surface area (Å²) in [5.74, 6) is -0.318. The predicted octanol–water partition coefficient (Wildman–Crippen LogP) is 1.52. The van der Waals surface area contributed by atoms with Gasteiger partial charge in [0.15, 0.2) is 18.9 Å². The van der Waals surface area contributed by atoms with Crippen molar-refractivity contribution >= 4 is 23.2 Å². The van der Waals surface area contributed by atoms with E-state index in [1.165, 1.54) is 6.92 Å². The van der Waals surface area contributed by atoms with Crippen LogP contribution in [0.5, 0.6) is 0 Å². The summed E-state index contributed by atoms with van der Waals surface area (Å²) in [6.45, 7) is 0.902. The topological polar surface area (TPSA) is 214 Å². The second-order valence-corrected chi connectivity index (χ2v) is 11.0. The monoisotopic (exact) mass is 636 g/mol. The van der Waals surface area contributed by atoms with Gasteiger partial charge in [0.05, 0.1) is 36.6 Å². The van der Waals surface area contributed by atoms with Gasteiger partial charge >= 0.3 is 0 Å². The Hall–Kier alpha value is -2.89. The number of nitrogens with one attached hydrogen (secondary N) is 1. The molecule has 3 heterocycles. The van der Waals surface area contributed by atoms with E-state index in [4.69, 9.17) is 45.6 Å². The van der Waals surface area contributed by atoms with Crippen LogP contribution in [0.4, 0.5) is 5.69 Å². The number of fused-ring (bicyclic) bond motifs is 1. The quantitative estimate of drug-likeness (QED) is 0.151. The van der Waals surface area contributed by atoms with Crippen LogP contribution in [0.1, 0.15) is 24.3 Å². The zero-order valence-corrected chi connectivity index (χ0v) is 24.2. The number of benzene rings is 2. The Labute approximate surface area is 256 Å². The Morgan fingerprint density at radius 1 is 1.05 bits per heavy atom. The molecule has 0 aromatic heterocycles. The van der Waals surface area contributed by atoms with Crippen molar-refractivity contribution in [2.45, 2.75) is 81.2 Å². The number of ether oxygens (including phenoxy) is 6. The highest BCUT2D eigenvalue weighted by Gasteiger charge is 2.53. The summed E-state index contributed by atoms with van der Waals surface area (Å²) in [4.78, 5) is 14.2. The molecule has 5 rings (SSSR count). The fourth-order valence-electron chi connectivity index (χ4n) is 5.23. The van der Waals surface area contributed by atoms with Crippen LogP contribution in [0.15, 0.2) is 53.6 Å². The smallest absolute Gasteiger partial charge is 0.221 e. The third kappa shape index (κ3) is 7.32. The summed E-state index contributed by atoms with van der Waals surface area (Å²) < 4.78 is 35.0. The number of hydrogen-bond donors (Lipinski definition) is 5. The lowest BCUT2D eigenvalue weighted by atomic mass is 9.96. The van der Waals surface area contributed by atoms with Gasteiger partial charge in [0, 0.05) is 17.4 Å². The number of rotatable bonds is 9. The molecule has 2 aromatic carbocycles. The number of hydrogen-bond acceptors (Lipinski definition) is 12. The number of carbonyl (C=O) groups excluding carboxylic acids is 1. The van der Waals surface area contributed by atoms with Gasteiger partial charge in [-0.15, -0.1) is 0 Å². The number of azide groups is 1. The van der Waals surface area contributed by atoms with Gasteiger partial charge in [0.1, 0.15) is 42.7 Å². The highest BCUT2D eigenvalue weighted by Crippen LogP contribution is 2.36. The summed E-state index contributed by atoms with van der Waals surface area (Å²) >= 11 is 6.12. The second kappa shape index (κ2) is 14.5. The van der Waals surface area contributed by atoms with Crippen LogP contribution in [0.25, 0.3) is 10.4 Å². The van der Waals surface area contributed by atoms with Crippen molar-refractivity contribution < 1.29 is 53.6 Å². The molecule has 1 unspecified atom stereocenters. The summed E-state index contributed by atoms with van der Waals surface area (Å²) in [6.07, 6.45) is -14.3. The van der Waals surface area contributed by atoms with Gasteiger partial charge in [-0.3, -0.25) is 4.79 Å². The standard InChI is InChI=1S/C28H33ClN4O11/c1-13(34)32-17-9-14(7-8-16(17)29)11-39-27-22(37)20(35)24(18(41-27)10-31-33-30)44-28-23(38)21(36)25-19(42-28)12-40-26(43-25)15-5-3-2-4-6-15/h2-9,18-28,35-38H,10-12H2,1H3,(H,32,34)/t18-,19-,20-,21-,22-,23-,24-,25-,26?,27-,28-/m1/s1. The van der Waals surface area contributed by atoms with Gasteiger partial charge in [0.2, 0.25) is 5.91 Å². The van der Waals surface area contributed by atoms with Crippen molar-refractivity contribution in [1.29, 1.82) is 0 Å². The van der Waals surface area contributed by atoms with E-state index < -0.39 is 67.7 Å². The molecule has 0 bridgehead atoms. The number of aliphatic hydroxyl groups is 4. The highest BCUT2D eigenvalue weighted by atomic mass is 35.5. The molecular weight excluding hydrogens is 604 g/mol. The molecule has 0 saturated carbocycles. The molecule has 0 spiro atoms. The van der Waals surface area contributed by atoms with Crippen LogP contribution < -0.4 is 5.32 Å². The van der Waals surface area contributed by atoms with Crippen molar-refractivity contribution in [3.8, 4) is 0 Å². The summed E-state index contributed by atoms with van der Waals surface area (Å²) in [6, 6.07) is 13.9. The molecule has 3 fully saturated rings. The predicted molar refractivity (Wildman–Crippen MR) is 151 cm³/mol. The molecule has 11 atom stereocenters. The molecule has 44 heavy (non-hydrogen) atoms. The maximum Gasteiger partial charge on any atom is 0.221 e. The van der Waals surface area contributed by atoms with Gasteiger partial charge in [-0.25, -0.2) is 0 Å². The summed E-state index contributed by atoms with van der Waals surface area (Å²) in [7, 11) is 0. The first kappa shape index (κ1) is 32.5. The van der Waals surface area contributed by atoms with E-state index in [1.807, 2.05) is 18.2 Å². The Morgan fingerprint density at radius 3 is 2.52 bits per heavy atom. The zero-order valence-electron chi connectivity index (χ0n) is 23.5. The van der Waals surface area contributed by atoms with Crippen molar-refractivity contribution in [2.75, 3.05) is 18.5 Å². The second-order valence-electron chi connectivity index (χ2n) is 10.5. The van der Waals surface area contributed by atoms with E-state index in [2.05, 4.69) is 15.3 Å². The number of halogens is 1. The first-order chi connectivity index (χ1) is 21.2. The lowest BCUT2D eigenvalue weighted by Gasteiger charge is -2.48. The molecular formula is C28H33ClN4O11. The van der Waals surface area contributed by atoms with Gasteiger partial charge in [-0.2, -0.15) is 0 Å². The highest BCUT2D eigenvalue weighted by molar-refractivity contribution is 6.33. The van der Waals surface area contributed by atoms with E-state index in [0.29, 0.717) is 16.3 Å². The zero-order chi connectivity index (χ0) is 31.4. The normalized spacial score (nSPS) is 35.3. The largest absolute Gasteiger partial charge is 0.387 e. The molecule has 3 aliphatic heterocycles. The number of amides is 1. The van der Waals surface area contributed by atoms with Crippen molar-refractivity contribution in [2.24, 2.45) is 5.11 Å². The average molecular weight is 637 g/mol. The first-order valence-corrected chi connectivity index (χ1v) is 14.2. The Balaban J connectivity index is 1.24. The Kier molecular flexibility index (Phi) is 10.7. The molecule has 0 aliphatic carbocycles. The minimum atomic E-state index is -1.65. The third-order valence-corrected chi connectivity index (χ3v) is 7.75. The Morgan fingerprint density at radius 2 is 1.80 bits per heavy atom. The maximum atomic E-state index is 11.5. The van der Waals surface area contributed by atoms with Gasteiger partial charge in [-0.05, 0) is 23.2 Å². The lowest BCUT2D eigenvalue weighted by Crippen LogP contribution is -2.65. The fraction of sp³-hybridized carbons (Fsp3) is 0.536. The average Bonchev–Trinajstić information content (AvgIpc) is 3.02. The van der Waals surface area contributed by atoms with Crippen LogP contribution in [-0.2, 0) is 39.8 Å². The molecule has 238 valence electrons. The van der Waals surface area contributed by atoms with Gasteiger partial charge in [-0.1, -0.05) is 53.1 Å². The van der Waals surface area contributed by atoms with Crippen molar-refractivity contribution in [1.82, 2.24) is 0 Å². The van der Waals surface area contributed by atoms with Crippen molar-refractivity contribution in [3.63, 3.8) is 0 Å². The van der Waals surface area contributed by atoms with Crippen molar-refractivity contribution in [3.05, 3.63) is 75.1 Å². The number of anilines is 1. The van der Waals surface area contributed by atoms with Crippen LogP contribution in [0.3, 0.4) is 0 Å². The number of carbonyl (C=O) groups is 1. The molecule has 3 aliphatic rings. The van der Waals surface area contributed by atoms with E-state index in [9.17, 15) is 25.2 Å². The van der Waals surface area contributed by atoms with E-state index >= 15 is 0 Å². The first-order valence-electron chi connectivity index (χ1n) is 13.9. The molecule has 2 aromatic rings. The molecule has 0 radical (unpaired) electrons. The van der Waals surface area contributed by atoms with E-state index in [1.54, 1.807) is 30.3 Å². The number of nitrogens with zero attached hydrogens (tertiary/aromatic N) is 3. The summed E-state index contributed by atoms with van der Waals surface area (Å²) in [5, 5.41) is 50.1. The maximum absolute atomic E-state index is 11.5. The van der Waals surface area contributed by atoms with Gasteiger partial charge < -0.3 is 54.2 Å². The molecule has 15 nitrogen and oxygen atoms in total. The molecule has 1 amide bonds. The van der Waals surface area contributed by atoms with E-state index in [-0.39, 0.29) is 25.7 Å². The van der Waals surface area contributed by atoms with Crippen LogP contribution >= 0.6 is 11.6 Å². The van der Waals surface area contributed by atoms with E-state index in [0.717, 1.165) is 5.56 Å². The fourth-order valence-corrected chi connectivity index (χ4v) is 5.39. The minimum absolute atomic E-state index is 0.00658. The van der Waals surface area contributed by atoms with Crippen LogP contribution in [0.2, 0.25) is 5.02 Å². The van der Waals surface area contributed by atoms with Gasteiger partial charge in [0.25, 0.3) is 0 Å². The molecule has 5 N–H and O–H groups in total. The third-order valence-electron chi connectivity index (χ3n) is 7.42. The molecule has 3 saturated heterocycles.